The Labute approximate surface area is 144 Å². The second kappa shape index (κ2) is 8.78. The van der Waals surface area contributed by atoms with Gasteiger partial charge in [-0.3, -0.25) is 9.36 Å². The van der Waals surface area contributed by atoms with Gasteiger partial charge in [-0.15, -0.1) is 0 Å². The fourth-order valence-corrected chi connectivity index (χ4v) is 2.14. The van der Waals surface area contributed by atoms with E-state index in [-0.39, 0.29) is 18.3 Å². The average Bonchev–Trinajstić information content (AvgIpc) is 2.95. The summed E-state index contributed by atoms with van der Waals surface area (Å²) in [7, 11) is 1.60. The molecule has 25 heavy (non-hydrogen) atoms. The fourth-order valence-electron chi connectivity index (χ4n) is 2.14. The van der Waals surface area contributed by atoms with Crippen LogP contribution in [0.3, 0.4) is 0 Å². The van der Waals surface area contributed by atoms with Gasteiger partial charge in [0.2, 0.25) is 11.7 Å². The third-order valence-corrected chi connectivity index (χ3v) is 3.41. The standard InChI is InChI=1S/C16H20N4O5/c1-12-18-15(20(22)23)10-19(12)11-16(21)17-9-13-4-3-5-14(8-13)25-7-6-24-2/h3-5,8,10H,6-7,9,11H2,1-2H3,(H,17,21). The summed E-state index contributed by atoms with van der Waals surface area (Å²) in [5.74, 6) is 0.576. The van der Waals surface area contributed by atoms with Crippen molar-refractivity contribution >= 4 is 11.7 Å². The highest BCUT2D eigenvalue weighted by Gasteiger charge is 2.16. The zero-order valence-electron chi connectivity index (χ0n) is 14.1. The number of methoxy groups -OCH3 is 1. The number of aryl methyl sites for hydroxylation is 1. The summed E-state index contributed by atoms with van der Waals surface area (Å²) in [6, 6.07) is 7.38. The molecule has 2 aromatic rings. The summed E-state index contributed by atoms with van der Waals surface area (Å²) >= 11 is 0. The van der Waals surface area contributed by atoms with Gasteiger partial charge >= 0.3 is 5.82 Å². The zero-order valence-corrected chi connectivity index (χ0v) is 14.1. The molecule has 134 valence electrons. The molecular formula is C16H20N4O5. The molecule has 9 heteroatoms. The number of nitrogens with zero attached hydrogens (tertiary/aromatic N) is 3. The summed E-state index contributed by atoms with van der Waals surface area (Å²) in [4.78, 5) is 25.9. The van der Waals surface area contributed by atoms with Gasteiger partial charge in [-0.05, 0) is 27.6 Å². The van der Waals surface area contributed by atoms with Crippen LogP contribution in [-0.2, 0) is 22.6 Å². The molecule has 2 rings (SSSR count). The van der Waals surface area contributed by atoms with Gasteiger partial charge in [-0.1, -0.05) is 12.1 Å². The molecule has 0 atom stereocenters. The second-order valence-electron chi connectivity index (χ2n) is 5.30. The maximum absolute atomic E-state index is 12.0. The monoisotopic (exact) mass is 348 g/mol. The van der Waals surface area contributed by atoms with Crippen molar-refractivity contribution in [3.63, 3.8) is 0 Å². The maximum atomic E-state index is 12.0. The van der Waals surface area contributed by atoms with E-state index in [4.69, 9.17) is 9.47 Å². The minimum absolute atomic E-state index is 0.0310. The topological polar surface area (TPSA) is 109 Å². The molecule has 0 saturated heterocycles. The largest absolute Gasteiger partial charge is 0.491 e. The first-order valence-corrected chi connectivity index (χ1v) is 7.65. The van der Waals surface area contributed by atoms with Gasteiger partial charge in [0.25, 0.3) is 0 Å². The van der Waals surface area contributed by atoms with Gasteiger partial charge in [0, 0.05) is 20.6 Å². The molecule has 0 aliphatic heterocycles. The van der Waals surface area contributed by atoms with E-state index in [0.29, 0.717) is 31.3 Å². The number of hydrogen-bond donors (Lipinski definition) is 1. The van der Waals surface area contributed by atoms with Gasteiger partial charge in [-0.2, -0.15) is 0 Å². The maximum Gasteiger partial charge on any atom is 0.381 e. The van der Waals surface area contributed by atoms with Crippen LogP contribution in [0.5, 0.6) is 5.75 Å². The molecule has 0 radical (unpaired) electrons. The Balaban J connectivity index is 1.87. The van der Waals surface area contributed by atoms with E-state index in [1.165, 1.54) is 10.8 Å². The Morgan fingerprint density at radius 2 is 2.20 bits per heavy atom. The number of aromatic nitrogens is 2. The Kier molecular flexibility index (Phi) is 6.47. The number of amides is 1. The number of hydrogen-bond acceptors (Lipinski definition) is 6. The van der Waals surface area contributed by atoms with Crippen molar-refractivity contribution in [1.82, 2.24) is 14.9 Å². The highest BCUT2D eigenvalue weighted by molar-refractivity contribution is 5.75. The first-order chi connectivity index (χ1) is 12.0. The molecule has 1 aromatic carbocycles. The van der Waals surface area contributed by atoms with Crippen LogP contribution in [0.4, 0.5) is 5.82 Å². The van der Waals surface area contributed by atoms with Crippen molar-refractivity contribution in [2.75, 3.05) is 20.3 Å². The van der Waals surface area contributed by atoms with Gasteiger partial charge in [0.1, 0.15) is 25.1 Å². The molecule has 1 amide bonds. The Hall–Kier alpha value is -2.94. The van der Waals surface area contributed by atoms with Crippen molar-refractivity contribution in [3.05, 3.63) is 52.0 Å². The lowest BCUT2D eigenvalue weighted by atomic mass is 10.2. The quantitative estimate of drug-likeness (QED) is 0.417. The van der Waals surface area contributed by atoms with Crippen LogP contribution in [0.1, 0.15) is 11.4 Å². The molecule has 1 heterocycles. The molecule has 0 spiro atoms. The zero-order chi connectivity index (χ0) is 18.2. The lowest BCUT2D eigenvalue weighted by molar-refractivity contribution is -0.389. The predicted octanol–water partition coefficient (Wildman–Crippen LogP) is 1.44. The molecular weight excluding hydrogens is 328 g/mol. The van der Waals surface area contributed by atoms with Crippen LogP contribution in [0, 0.1) is 17.0 Å². The first-order valence-electron chi connectivity index (χ1n) is 7.65. The molecule has 0 fully saturated rings. The van der Waals surface area contributed by atoms with Crippen molar-refractivity contribution in [1.29, 1.82) is 0 Å². The van der Waals surface area contributed by atoms with Crippen LogP contribution in [0.2, 0.25) is 0 Å². The third kappa shape index (κ3) is 5.57. The van der Waals surface area contributed by atoms with E-state index in [2.05, 4.69) is 10.3 Å². The number of rotatable bonds is 9. The van der Waals surface area contributed by atoms with Crippen LogP contribution in [0.25, 0.3) is 0 Å². The Morgan fingerprint density at radius 3 is 2.88 bits per heavy atom. The average molecular weight is 348 g/mol. The van der Waals surface area contributed by atoms with E-state index in [1.807, 2.05) is 24.3 Å². The Morgan fingerprint density at radius 1 is 1.40 bits per heavy atom. The summed E-state index contributed by atoms with van der Waals surface area (Å²) in [6.07, 6.45) is 1.25. The molecule has 0 aliphatic carbocycles. The normalized spacial score (nSPS) is 10.5. The summed E-state index contributed by atoms with van der Waals surface area (Å²) in [6.45, 7) is 2.86. The molecule has 0 unspecified atom stereocenters. The minimum atomic E-state index is -0.587. The van der Waals surface area contributed by atoms with Crippen LogP contribution >= 0.6 is 0 Å². The smallest absolute Gasteiger partial charge is 0.381 e. The van der Waals surface area contributed by atoms with Gasteiger partial charge in [0.05, 0.1) is 6.61 Å². The summed E-state index contributed by atoms with van der Waals surface area (Å²) in [5, 5.41) is 13.5. The number of nitro groups is 1. The van der Waals surface area contributed by atoms with E-state index in [9.17, 15) is 14.9 Å². The summed E-state index contributed by atoms with van der Waals surface area (Å²) in [5.41, 5.74) is 0.886. The highest BCUT2D eigenvalue weighted by atomic mass is 16.6. The van der Waals surface area contributed by atoms with Gasteiger partial charge < -0.3 is 24.9 Å². The molecule has 1 aromatic heterocycles. The van der Waals surface area contributed by atoms with Crippen molar-refractivity contribution < 1.29 is 19.2 Å². The third-order valence-electron chi connectivity index (χ3n) is 3.41. The molecule has 0 aliphatic rings. The van der Waals surface area contributed by atoms with E-state index < -0.39 is 4.92 Å². The first kappa shape index (κ1) is 18.4. The number of carbonyl (C=O) groups excluding carboxylic acids is 1. The van der Waals surface area contributed by atoms with E-state index in [0.717, 1.165) is 5.56 Å². The molecule has 9 nitrogen and oxygen atoms in total. The second-order valence-corrected chi connectivity index (χ2v) is 5.30. The molecule has 0 bridgehead atoms. The Bertz CT molecular complexity index is 744. The fraction of sp³-hybridized carbons (Fsp3) is 0.375. The highest BCUT2D eigenvalue weighted by Crippen LogP contribution is 2.13. The number of benzene rings is 1. The van der Waals surface area contributed by atoms with Crippen molar-refractivity contribution in [3.8, 4) is 5.75 Å². The summed E-state index contributed by atoms with van der Waals surface area (Å²) < 4.78 is 11.9. The number of nitrogens with one attached hydrogen (secondary N) is 1. The predicted molar refractivity (Wildman–Crippen MR) is 89.3 cm³/mol. The number of carbonyl (C=O) groups is 1. The van der Waals surface area contributed by atoms with Crippen LogP contribution < -0.4 is 10.1 Å². The van der Waals surface area contributed by atoms with Gasteiger partial charge in [0.15, 0.2) is 0 Å². The SMILES string of the molecule is COCCOc1cccc(CNC(=O)Cn2cc([N+](=O)[O-])nc2C)c1. The van der Waals surface area contributed by atoms with Crippen molar-refractivity contribution in [2.24, 2.45) is 0 Å². The van der Waals surface area contributed by atoms with E-state index >= 15 is 0 Å². The molecule has 1 N–H and O–H groups in total. The lowest BCUT2D eigenvalue weighted by Crippen LogP contribution is -2.27. The lowest BCUT2D eigenvalue weighted by Gasteiger charge is -2.09. The number of imidazole rings is 1. The van der Waals surface area contributed by atoms with Gasteiger partial charge in [-0.25, -0.2) is 0 Å². The van der Waals surface area contributed by atoms with Crippen molar-refractivity contribution in [2.45, 2.75) is 20.0 Å². The van der Waals surface area contributed by atoms with E-state index in [1.54, 1.807) is 14.0 Å². The molecule has 0 saturated carbocycles. The van der Waals surface area contributed by atoms with Crippen LogP contribution in [-0.4, -0.2) is 40.7 Å². The van der Waals surface area contributed by atoms with Crippen LogP contribution in [0.15, 0.2) is 30.5 Å². The number of ether oxygens (including phenoxy) is 2. The minimum Gasteiger partial charge on any atom is -0.491 e.